The Labute approximate surface area is 166 Å². The van der Waals surface area contributed by atoms with Crippen molar-refractivity contribution in [2.45, 2.75) is 38.6 Å². The fourth-order valence-corrected chi connectivity index (χ4v) is 3.60. The highest BCUT2D eigenvalue weighted by molar-refractivity contribution is 5.93. The van der Waals surface area contributed by atoms with Gasteiger partial charge in [-0.05, 0) is 44.4 Å². The molecule has 0 bridgehead atoms. The summed E-state index contributed by atoms with van der Waals surface area (Å²) in [5.74, 6) is 1.39. The number of halogens is 2. The van der Waals surface area contributed by atoms with Crippen molar-refractivity contribution in [2.24, 2.45) is 5.92 Å². The maximum absolute atomic E-state index is 12.3. The van der Waals surface area contributed by atoms with Gasteiger partial charge < -0.3 is 15.2 Å². The monoisotopic (exact) mass is 396 g/mol. The summed E-state index contributed by atoms with van der Waals surface area (Å²) >= 11 is 0. The van der Waals surface area contributed by atoms with Crippen molar-refractivity contribution < 1.29 is 4.79 Å². The van der Waals surface area contributed by atoms with Gasteiger partial charge >= 0.3 is 0 Å². The number of piperidine rings is 1. The Morgan fingerprint density at radius 2 is 1.96 bits per heavy atom. The Morgan fingerprint density at radius 1 is 1.15 bits per heavy atom. The van der Waals surface area contributed by atoms with Crippen LogP contribution in [0.3, 0.4) is 0 Å². The van der Waals surface area contributed by atoms with E-state index in [-0.39, 0.29) is 36.6 Å². The first-order chi connectivity index (χ1) is 11.8. The molecule has 1 fully saturated rings. The Morgan fingerprint density at radius 3 is 2.65 bits per heavy atom. The third kappa shape index (κ3) is 4.58. The number of aryl methyl sites for hydroxylation is 2. The summed E-state index contributed by atoms with van der Waals surface area (Å²) in [5, 5.41) is 6.32. The molecule has 7 heteroatoms. The number of hydrogen-bond acceptors (Lipinski definition) is 3. The highest BCUT2D eigenvalue weighted by Gasteiger charge is 2.20. The van der Waals surface area contributed by atoms with Crippen molar-refractivity contribution >= 4 is 36.4 Å². The molecule has 2 aliphatic heterocycles. The van der Waals surface area contributed by atoms with Gasteiger partial charge in [-0.1, -0.05) is 12.1 Å². The van der Waals surface area contributed by atoms with Gasteiger partial charge in [0.15, 0.2) is 0 Å². The summed E-state index contributed by atoms with van der Waals surface area (Å²) in [6.45, 7) is 2.88. The molecule has 1 aromatic carbocycles. The van der Waals surface area contributed by atoms with Gasteiger partial charge in [-0.25, -0.2) is 4.98 Å². The molecule has 3 heterocycles. The van der Waals surface area contributed by atoms with Crippen LogP contribution in [0.25, 0.3) is 11.3 Å². The molecular weight excluding hydrogens is 371 g/mol. The zero-order valence-electron chi connectivity index (χ0n) is 14.7. The molecule has 0 aliphatic carbocycles. The number of imidazole rings is 1. The minimum Gasteiger partial charge on any atom is -0.334 e. The zero-order chi connectivity index (χ0) is 16.4. The standard InChI is InChI=1S/C19H24N4O.2ClH/c24-19(15-4-3-10-20-12-15)21-16-8-6-14(7-9-16)17-13-23-11-2-1-5-18(23)22-17;;/h6-9,13,15,20H,1-5,10-12H2,(H,21,24);2*1H. The first-order valence-corrected chi connectivity index (χ1v) is 8.98. The Bertz CT molecular complexity index is 700. The molecule has 0 radical (unpaired) electrons. The van der Waals surface area contributed by atoms with E-state index in [9.17, 15) is 4.79 Å². The summed E-state index contributed by atoms with van der Waals surface area (Å²) < 4.78 is 2.27. The molecule has 2 aliphatic rings. The SMILES string of the molecule is Cl.Cl.O=C(Nc1ccc(-c2cn3c(n2)CCCC3)cc1)C1CCCNC1. The van der Waals surface area contributed by atoms with Gasteiger partial charge in [-0.2, -0.15) is 0 Å². The smallest absolute Gasteiger partial charge is 0.228 e. The molecule has 2 aromatic rings. The van der Waals surface area contributed by atoms with Gasteiger partial charge in [0.1, 0.15) is 5.82 Å². The third-order valence-electron chi connectivity index (χ3n) is 5.02. The molecule has 1 amide bonds. The molecule has 0 spiro atoms. The number of rotatable bonds is 3. The van der Waals surface area contributed by atoms with E-state index in [1.807, 2.05) is 24.3 Å². The van der Waals surface area contributed by atoms with Crippen LogP contribution in [0.2, 0.25) is 0 Å². The van der Waals surface area contributed by atoms with Crippen LogP contribution >= 0.6 is 24.8 Å². The van der Waals surface area contributed by atoms with Crippen LogP contribution in [0.4, 0.5) is 5.69 Å². The topological polar surface area (TPSA) is 59.0 Å². The van der Waals surface area contributed by atoms with E-state index in [0.717, 1.165) is 55.8 Å². The largest absolute Gasteiger partial charge is 0.334 e. The van der Waals surface area contributed by atoms with Gasteiger partial charge in [0.25, 0.3) is 0 Å². The fraction of sp³-hybridized carbons (Fsp3) is 0.474. The molecule has 1 aromatic heterocycles. The lowest BCUT2D eigenvalue weighted by molar-refractivity contribution is -0.120. The summed E-state index contributed by atoms with van der Waals surface area (Å²) in [6, 6.07) is 8.04. The van der Waals surface area contributed by atoms with Crippen molar-refractivity contribution in [2.75, 3.05) is 18.4 Å². The summed E-state index contributed by atoms with van der Waals surface area (Å²) in [4.78, 5) is 17.0. The molecule has 142 valence electrons. The van der Waals surface area contributed by atoms with Crippen LogP contribution in [-0.4, -0.2) is 28.5 Å². The van der Waals surface area contributed by atoms with Gasteiger partial charge in [-0.15, -0.1) is 24.8 Å². The van der Waals surface area contributed by atoms with Crippen molar-refractivity contribution in [1.29, 1.82) is 0 Å². The van der Waals surface area contributed by atoms with Crippen LogP contribution in [0, 0.1) is 5.92 Å². The molecule has 26 heavy (non-hydrogen) atoms. The molecule has 4 rings (SSSR count). The summed E-state index contributed by atoms with van der Waals surface area (Å²) in [7, 11) is 0. The van der Waals surface area contributed by atoms with Crippen molar-refractivity contribution in [3.8, 4) is 11.3 Å². The fourth-order valence-electron chi connectivity index (χ4n) is 3.60. The lowest BCUT2D eigenvalue weighted by Gasteiger charge is -2.21. The van der Waals surface area contributed by atoms with Crippen LogP contribution in [0.1, 0.15) is 31.5 Å². The minimum atomic E-state index is 0. The maximum Gasteiger partial charge on any atom is 0.228 e. The third-order valence-corrected chi connectivity index (χ3v) is 5.02. The highest BCUT2D eigenvalue weighted by atomic mass is 35.5. The van der Waals surface area contributed by atoms with Crippen LogP contribution in [0.15, 0.2) is 30.5 Å². The number of nitrogens with one attached hydrogen (secondary N) is 2. The average Bonchev–Trinajstić information content (AvgIpc) is 3.07. The summed E-state index contributed by atoms with van der Waals surface area (Å²) in [6.07, 6.45) is 7.74. The molecule has 5 nitrogen and oxygen atoms in total. The number of nitrogens with zero attached hydrogens (tertiary/aromatic N) is 2. The van der Waals surface area contributed by atoms with E-state index in [4.69, 9.17) is 4.98 Å². The molecular formula is C19H26Cl2N4O. The second-order valence-corrected chi connectivity index (χ2v) is 6.80. The Hall–Kier alpha value is -1.56. The van der Waals surface area contributed by atoms with Gasteiger partial charge in [0, 0.05) is 37.0 Å². The van der Waals surface area contributed by atoms with Crippen molar-refractivity contribution in [3.63, 3.8) is 0 Å². The minimum absolute atomic E-state index is 0. The van der Waals surface area contributed by atoms with Crippen LogP contribution < -0.4 is 10.6 Å². The Balaban J connectivity index is 0.00000121. The van der Waals surface area contributed by atoms with Crippen molar-refractivity contribution in [1.82, 2.24) is 14.9 Å². The Kier molecular flexibility index (Phi) is 7.50. The molecule has 0 saturated carbocycles. The predicted octanol–water partition coefficient (Wildman–Crippen LogP) is 3.67. The van der Waals surface area contributed by atoms with E-state index in [1.165, 1.54) is 18.7 Å². The number of hydrogen-bond donors (Lipinski definition) is 2. The second kappa shape index (κ2) is 9.40. The molecule has 1 saturated heterocycles. The maximum atomic E-state index is 12.3. The predicted molar refractivity (Wildman–Crippen MR) is 109 cm³/mol. The number of fused-ring (bicyclic) bond motifs is 1. The average molecular weight is 397 g/mol. The quantitative estimate of drug-likeness (QED) is 0.831. The number of carbonyl (C=O) groups is 1. The van der Waals surface area contributed by atoms with Crippen LogP contribution in [0.5, 0.6) is 0 Å². The van der Waals surface area contributed by atoms with Gasteiger partial charge in [0.05, 0.1) is 11.6 Å². The van der Waals surface area contributed by atoms with Crippen LogP contribution in [-0.2, 0) is 17.8 Å². The molecule has 2 N–H and O–H groups in total. The van der Waals surface area contributed by atoms with E-state index in [0.29, 0.717) is 0 Å². The number of benzene rings is 1. The van der Waals surface area contributed by atoms with E-state index in [2.05, 4.69) is 21.4 Å². The van der Waals surface area contributed by atoms with E-state index in [1.54, 1.807) is 0 Å². The number of amides is 1. The van der Waals surface area contributed by atoms with Gasteiger partial charge in [-0.3, -0.25) is 4.79 Å². The van der Waals surface area contributed by atoms with E-state index >= 15 is 0 Å². The normalized spacial score (nSPS) is 18.8. The number of anilines is 1. The zero-order valence-corrected chi connectivity index (χ0v) is 16.4. The second-order valence-electron chi connectivity index (χ2n) is 6.80. The van der Waals surface area contributed by atoms with E-state index < -0.39 is 0 Å². The lowest BCUT2D eigenvalue weighted by Crippen LogP contribution is -2.37. The molecule has 1 unspecified atom stereocenters. The highest BCUT2D eigenvalue weighted by Crippen LogP contribution is 2.24. The first-order valence-electron chi connectivity index (χ1n) is 8.98. The first kappa shape index (κ1) is 20.7. The molecule has 1 atom stereocenters. The number of aromatic nitrogens is 2. The van der Waals surface area contributed by atoms with Crippen molar-refractivity contribution in [3.05, 3.63) is 36.3 Å². The lowest BCUT2D eigenvalue weighted by atomic mass is 9.99. The summed E-state index contributed by atoms with van der Waals surface area (Å²) in [5.41, 5.74) is 2.99. The van der Waals surface area contributed by atoms with Gasteiger partial charge in [0.2, 0.25) is 5.91 Å². The number of carbonyl (C=O) groups excluding carboxylic acids is 1.